The Morgan fingerprint density at radius 3 is 2.41 bits per heavy atom. The molecule has 1 aromatic heterocycles. The van der Waals surface area contributed by atoms with Gasteiger partial charge < -0.3 is 10.6 Å². The van der Waals surface area contributed by atoms with Gasteiger partial charge in [-0.3, -0.25) is 0 Å². The number of hydrogen-bond acceptors (Lipinski definition) is 3. The van der Waals surface area contributed by atoms with Crippen molar-refractivity contribution in [3.8, 4) is 16.9 Å². The van der Waals surface area contributed by atoms with Crippen LogP contribution in [-0.4, -0.2) is 32.6 Å². The van der Waals surface area contributed by atoms with Crippen LogP contribution in [0.25, 0.3) is 16.9 Å². The molecule has 0 bridgehead atoms. The lowest BCUT2D eigenvalue weighted by Gasteiger charge is -2.16. The first-order valence-electron chi connectivity index (χ1n) is 12.1. The van der Waals surface area contributed by atoms with Crippen LogP contribution in [0.3, 0.4) is 0 Å². The Morgan fingerprint density at radius 2 is 1.74 bits per heavy atom. The van der Waals surface area contributed by atoms with Gasteiger partial charge in [-0.2, -0.15) is 5.10 Å². The summed E-state index contributed by atoms with van der Waals surface area (Å²) < 4.78 is 13.4. The molecule has 1 heterocycles. The van der Waals surface area contributed by atoms with Gasteiger partial charge in [-0.15, -0.1) is 0 Å². The van der Waals surface area contributed by atoms with Gasteiger partial charge in [0.25, 0.3) is 0 Å². The normalized spacial score (nSPS) is 15.4. The summed E-state index contributed by atoms with van der Waals surface area (Å²) in [5, 5.41) is 16.4. The summed E-state index contributed by atoms with van der Waals surface area (Å²) >= 11 is 0. The molecule has 0 aliphatic heterocycles. The number of nitrogens with zero attached hydrogens (tertiary/aromatic N) is 2. The fourth-order valence-electron chi connectivity index (χ4n) is 4.42. The summed E-state index contributed by atoms with van der Waals surface area (Å²) in [5.41, 5.74) is 3.88. The number of hydrogen-bond donors (Lipinski definition) is 3. The molecule has 2 amide bonds. The first kappa shape index (κ1) is 24.2. The molecule has 1 fully saturated rings. The summed E-state index contributed by atoms with van der Waals surface area (Å²) in [6.45, 7) is 0.600. The molecule has 1 aliphatic carbocycles. The highest BCUT2D eigenvalue weighted by Crippen LogP contribution is 2.25. The Bertz CT molecular complexity index is 1090. The van der Waals surface area contributed by atoms with E-state index in [0.29, 0.717) is 17.5 Å². The van der Waals surface area contributed by atoms with Crippen molar-refractivity contribution in [2.75, 3.05) is 6.54 Å². The number of nitrogens with one attached hydrogen (secondary N) is 2. The van der Waals surface area contributed by atoms with E-state index in [1.165, 1.54) is 25.7 Å². The van der Waals surface area contributed by atoms with E-state index in [1.807, 2.05) is 35.0 Å². The minimum Gasteiger partial charge on any atom is -0.338 e. The van der Waals surface area contributed by atoms with E-state index < -0.39 is 11.0 Å². The van der Waals surface area contributed by atoms with Gasteiger partial charge in [-0.25, -0.2) is 18.8 Å². The van der Waals surface area contributed by atoms with E-state index in [2.05, 4.69) is 28.8 Å². The van der Waals surface area contributed by atoms with Gasteiger partial charge in [0.1, 0.15) is 11.0 Å². The molecule has 180 valence electrons. The number of aryl methyl sites for hydroxylation is 1. The molecule has 0 saturated heterocycles. The van der Waals surface area contributed by atoms with Crippen molar-refractivity contribution < 1.29 is 9.00 Å². The lowest BCUT2D eigenvalue weighted by molar-refractivity contribution is 0.235. The summed E-state index contributed by atoms with van der Waals surface area (Å²) in [6, 6.07) is 19.7. The molecule has 1 aliphatic rings. The molecule has 2 aromatic carbocycles. The van der Waals surface area contributed by atoms with Gasteiger partial charge in [-0.1, -0.05) is 56.0 Å². The van der Waals surface area contributed by atoms with Gasteiger partial charge in [0.2, 0.25) is 0 Å². The third-order valence-electron chi connectivity index (χ3n) is 6.23. The molecule has 0 radical (unpaired) electrons. The Balaban J connectivity index is 1.39. The van der Waals surface area contributed by atoms with Crippen molar-refractivity contribution >= 4 is 17.0 Å². The van der Waals surface area contributed by atoms with Crippen LogP contribution in [-0.2, 0) is 17.4 Å². The quantitative estimate of drug-likeness (QED) is 0.328. The van der Waals surface area contributed by atoms with E-state index in [1.54, 1.807) is 12.1 Å². The van der Waals surface area contributed by atoms with Crippen molar-refractivity contribution in [2.24, 2.45) is 5.14 Å². The highest BCUT2D eigenvalue weighted by molar-refractivity contribution is 7.82. The predicted octanol–water partition coefficient (Wildman–Crippen LogP) is 4.48. The number of nitrogens with two attached hydrogens (primary N) is 1. The van der Waals surface area contributed by atoms with Crippen LogP contribution in [0.1, 0.15) is 50.6 Å². The molecule has 4 N–H and O–H groups in total. The number of carbonyl (C=O) groups is 1. The molecule has 34 heavy (non-hydrogen) atoms. The zero-order chi connectivity index (χ0) is 23.8. The summed E-state index contributed by atoms with van der Waals surface area (Å²) in [4.78, 5) is 12.8. The highest BCUT2D eigenvalue weighted by atomic mass is 32.2. The third kappa shape index (κ3) is 6.55. The Kier molecular flexibility index (Phi) is 8.49. The van der Waals surface area contributed by atoms with Crippen molar-refractivity contribution in [3.63, 3.8) is 0 Å². The standard InChI is InChI=1S/C26H33N5O2S/c27-34(33)24-16-14-23(15-17-24)31-25(20-9-4-3-5-10-20)19-22(30-31)13-8-18-28-26(32)29-21-11-6-1-2-7-12-21/h3-5,9-10,14-17,19,21H,1-2,6-8,11-13,18,27H2,(H2,28,29,32). The lowest BCUT2D eigenvalue weighted by atomic mass is 10.1. The Hall–Kier alpha value is -2.97. The lowest BCUT2D eigenvalue weighted by Crippen LogP contribution is -2.42. The van der Waals surface area contributed by atoms with Crippen LogP contribution in [0.2, 0.25) is 0 Å². The number of rotatable bonds is 8. The van der Waals surface area contributed by atoms with Gasteiger partial charge in [-0.05, 0) is 56.0 Å². The van der Waals surface area contributed by atoms with Gasteiger partial charge in [0, 0.05) is 18.2 Å². The number of benzene rings is 2. The third-order valence-corrected chi connectivity index (χ3v) is 6.97. The molecule has 7 nitrogen and oxygen atoms in total. The minimum atomic E-state index is -1.51. The van der Waals surface area contributed by atoms with Crippen molar-refractivity contribution in [1.29, 1.82) is 0 Å². The molecule has 1 saturated carbocycles. The van der Waals surface area contributed by atoms with Crippen LogP contribution in [0, 0.1) is 0 Å². The highest BCUT2D eigenvalue weighted by Gasteiger charge is 2.15. The Morgan fingerprint density at radius 1 is 1.03 bits per heavy atom. The summed E-state index contributed by atoms with van der Waals surface area (Å²) in [6.07, 6.45) is 8.65. The van der Waals surface area contributed by atoms with Crippen LogP contribution >= 0.6 is 0 Å². The van der Waals surface area contributed by atoms with Crippen LogP contribution in [0.5, 0.6) is 0 Å². The second-order valence-corrected chi connectivity index (χ2v) is 9.85. The van der Waals surface area contributed by atoms with Crippen molar-refractivity contribution in [3.05, 3.63) is 66.4 Å². The van der Waals surface area contributed by atoms with Crippen molar-refractivity contribution in [2.45, 2.75) is 62.3 Å². The van der Waals surface area contributed by atoms with Crippen LogP contribution in [0.15, 0.2) is 65.6 Å². The molecular formula is C26H33N5O2S. The maximum Gasteiger partial charge on any atom is 0.315 e. The second-order valence-electron chi connectivity index (χ2n) is 8.78. The summed E-state index contributed by atoms with van der Waals surface area (Å²) in [7, 11) is -1.51. The van der Waals surface area contributed by atoms with Crippen molar-refractivity contribution in [1.82, 2.24) is 20.4 Å². The van der Waals surface area contributed by atoms with Gasteiger partial charge in [0.05, 0.1) is 22.0 Å². The molecule has 0 spiro atoms. The minimum absolute atomic E-state index is 0.0696. The number of aromatic nitrogens is 2. The predicted molar refractivity (Wildman–Crippen MR) is 136 cm³/mol. The first-order chi connectivity index (χ1) is 16.6. The average Bonchev–Trinajstić information content (AvgIpc) is 3.12. The van der Waals surface area contributed by atoms with Gasteiger partial charge in [0.15, 0.2) is 0 Å². The fraction of sp³-hybridized carbons (Fsp3) is 0.385. The van der Waals surface area contributed by atoms with Crippen LogP contribution in [0.4, 0.5) is 4.79 Å². The topological polar surface area (TPSA) is 102 Å². The van der Waals surface area contributed by atoms with E-state index in [0.717, 1.165) is 48.3 Å². The van der Waals surface area contributed by atoms with E-state index in [9.17, 15) is 9.00 Å². The molecule has 8 heteroatoms. The molecule has 1 atom stereocenters. The molecule has 4 rings (SSSR count). The SMILES string of the molecule is NS(=O)c1ccc(-n2nc(CCCNC(=O)NC3CCCCCC3)cc2-c2ccccc2)cc1. The first-order valence-corrected chi connectivity index (χ1v) is 13.3. The Labute approximate surface area is 203 Å². The van der Waals surface area contributed by atoms with E-state index in [-0.39, 0.29) is 6.03 Å². The average molecular weight is 480 g/mol. The molecule has 1 unspecified atom stereocenters. The largest absolute Gasteiger partial charge is 0.338 e. The molecular weight excluding hydrogens is 446 g/mol. The molecule has 3 aromatic rings. The number of amides is 2. The smallest absolute Gasteiger partial charge is 0.315 e. The fourth-order valence-corrected chi connectivity index (χ4v) is 4.82. The second kappa shape index (κ2) is 11.9. The monoisotopic (exact) mass is 479 g/mol. The number of carbonyl (C=O) groups excluding carboxylic acids is 1. The summed E-state index contributed by atoms with van der Waals surface area (Å²) in [5.74, 6) is 0. The van der Waals surface area contributed by atoms with Crippen LogP contribution < -0.4 is 15.8 Å². The zero-order valence-electron chi connectivity index (χ0n) is 19.4. The van der Waals surface area contributed by atoms with E-state index >= 15 is 0 Å². The van der Waals surface area contributed by atoms with Gasteiger partial charge >= 0.3 is 6.03 Å². The number of urea groups is 1. The zero-order valence-corrected chi connectivity index (χ0v) is 20.2. The van der Waals surface area contributed by atoms with E-state index in [4.69, 9.17) is 10.2 Å². The maximum atomic E-state index is 12.3. The maximum absolute atomic E-state index is 12.3.